The highest BCUT2D eigenvalue weighted by molar-refractivity contribution is 6.16. The van der Waals surface area contributed by atoms with Crippen LogP contribution in [-0.2, 0) is 0 Å². The van der Waals surface area contributed by atoms with Crippen molar-refractivity contribution >= 4 is 5.71 Å². The van der Waals surface area contributed by atoms with E-state index in [-0.39, 0.29) is 0 Å². The molecule has 0 radical (unpaired) electrons. The molecule has 25 heavy (non-hydrogen) atoms. The first-order chi connectivity index (χ1) is 11.8. The number of aryl methyl sites for hydroxylation is 1. The second-order valence-corrected chi connectivity index (χ2v) is 7.28. The van der Waals surface area contributed by atoms with Gasteiger partial charge in [-0.25, -0.2) is 0 Å². The molecular weight excluding hydrogens is 304 g/mol. The molecule has 134 valence electrons. The maximum atomic E-state index is 4.99. The molecule has 0 saturated carbocycles. The predicted octanol–water partition coefficient (Wildman–Crippen LogP) is 6.04. The first-order valence-corrected chi connectivity index (χ1v) is 9.24. The second-order valence-electron chi connectivity index (χ2n) is 7.28. The van der Waals surface area contributed by atoms with E-state index >= 15 is 0 Å². The van der Waals surface area contributed by atoms with Crippen LogP contribution in [0, 0.1) is 6.92 Å². The van der Waals surface area contributed by atoms with Gasteiger partial charge in [0.25, 0.3) is 0 Å². The van der Waals surface area contributed by atoms with Gasteiger partial charge in [0.05, 0.1) is 12.3 Å². The fraction of sp³-hybridized carbons (Fsp3) is 0.435. The Kier molecular flexibility index (Phi) is 6.05. The standard InChI is InChI=1S/C23H32N2/c1-9-17(5)19(7)22-20(8)25(15(2)3)18(6)14-24-23(22)21-12-10-16(4)11-13-21/h10-13,15H,6,9,14H2,1-5,7-8H3/b19-17-. The van der Waals surface area contributed by atoms with Gasteiger partial charge >= 0.3 is 0 Å². The lowest BCUT2D eigenvalue weighted by Gasteiger charge is -2.31. The van der Waals surface area contributed by atoms with Crippen molar-refractivity contribution in [3.8, 4) is 0 Å². The summed E-state index contributed by atoms with van der Waals surface area (Å²) in [6, 6.07) is 9.06. The van der Waals surface area contributed by atoms with E-state index in [0.29, 0.717) is 12.6 Å². The van der Waals surface area contributed by atoms with Gasteiger partial charge in [0.15, 0.2) is 0 Å². The van der Waals surface area contributed by atoms with Gasteiger partial charge < -0.3 is 4.90 Å². The van der Waals surface area contributed by atoms with Crippen molar-refractivity contribution in [2.24, 2.45) is 4.99 Å². The summed E-state index contributed by atoms with van der Waals surface area (Å²) in [6.07, 6.45) is 1.05. The molecule has 0 bridgehead atoms. The van der Waals surface area contributed by atoms with Crippen molar-refractivity contribution < 1.29 is 0 Å². The lowest BCUT2D eigenvalue weighted by Crippen LogP contribution is -2.29. The minimum Gasteiger partial charge on any atom is -0.344 e. The molecule has 2 nitrogen and oxygen atoms in total. The zero-order chi connectivity index (χ0) is 18.7. The summed E-state index contributed by atoms with van der Waals surface area (Å²) in [4.78, 5) is 7.33. The van der Waals surface area contributed by atoms with Crippen LogP contribution in [0.4, 0.5) is 0 Å². The molecule has 0 aromatic heterocycles. The molecule has 1 heterocycles. The van der Waals surface area contributed by atoms with Crippen LogP contribution < -0.4 is 0 Å². The number of aliphatic imine (C=N–C) groups is 1. The van der Waals surface area contributed by atoms with Crippen molar-refractivity contribution in [3.63, 3.8) is 0 Å². The second kappa shape index (κ2) is 7.86. The van der Waals surface area contributed by atoms with Gasteiger partial charge in [0.2, 0.25) is 0 Å². The van der Waals surface area contributed by atoms with E-state index in [9.17, 15) is 0 Å². The predicted molar refractivity (Wildman–Crippen MR) is 110 cm³/mol. The fourth-order valence-corrected chi connectivity index (χ4v) is 3.48. The Morgan fingerprint density at radius 3 is 2.28 bits per heavy atom. The smallest absolute Gasteiger partial charge is 0.0793 e. The van der Waals surface area contributed by atoms with Gasteiger partial charge in [-0.2, -0.15) is 0 Å². The normalized spacial score (nSPS) is 16.9. The monoisotopic (exact) mass is 336 g/mol. The van der Waals surface area contributed by atoms with Crippen LogP contribution in [0.1, 0.15) is 59.1 Å². The van der Waals surface area contributed by atoms with Gasteiger partial charge in [-0.15, -0.1) is 0 Å². The molecule has 1 aromatic carbocycles. The van der Waals surface area contributed by atoms with Crippen molar-refractivity contribution in [3.05, 3.63) is 70.1 Å². The quantitative estimate of drug-likeness (QED) is 0.654. The molecule has 2 heteroatoms. The van der Waals surface area contributed by atoms with Gasteiger partial charge in [-0.1, -0.05) is 48.9 Å². The molecule has 2 rings (SSSR count). The number of rotatable bonds is 4. The van der Waals surface area contributed by atoms with Crippen LogP contribution in [0.25, 0.3) is 0 Å². The Hall–Kier alpha value is -2.09. The third-order valence-electron chi connectivity index (χ3n) is 5.11. The highest BCUT2D eigenvalue weighted by atomic mass is 15.2. The first-order valence-electron chi connectivity index (χ1n) is 9.24. The number of hydrogen-bond donors (Lipinski definition) is 0. The minimum absolute atomic E-state index is 0.366. The molecule has 0 atom stereocenters. The molecule has 0 amide bonds. The lowest BCUT2D eigenvalue weighted by atomic mass is 9.91. The molecule has 0 aliphatic carbocycles. The third kappa shape index (κ3) is 3.95. The number of allylic oxidation sites excluding steroid dienone is 4. The van der Waals surface area contributed by atoms with Gasteiger partial charge in [-0.3, -0.25) is 4.99 Å². The van der Waals surface area contributed by atoms with Gasteiger partial charge in [0, 0.05) is 28.6 Å². The lowest BCUT2D eigenvalue weighted by molar-refractivity contribution is 0.351. The summed E-state index contributed by atoms with van der Waals surface area (Å²) in [5, 5.41) is 0. The highest BCUT2D eigenvalue weighted by Crippen LogP contribution is 2.31. The molecule has 0 unspecified atom stereocenters. The zero-order valence-corrected chi connectivity index (χ0v) is 16.9. The van der Waals surface area contributed by atoms with Crippen LogP contribution in [0.2, 0.25) is 0 Å². The van der Waals surface area contributed by atoms with E-state index < -0.39 is 0 Å². The molecular formula is C23H32N2. The number of benzene rings is 1. The molecule has 0 saturated heterocycles. The summed E-state index contributed by atoms with van der Waals surface area (Å²) < 4.78 is 0. The average Bonchev–Trinajstić information content (AvgIpc) is 2.70. The Morgan fingerprint density at radius 2 is 1.76 bits per heavy atom. The summed E-state index contributed by atoms with van der Waals surface area (Å²) >= 11 is 0. The Balaban J connectivity index is 2.75. The molecule has 0 spiro atoms. The molecule has 1 aliphatic rings. The van der Waals surface area contributed by atoms with Crippen LogP contribution in [0.5, 0.6) is 0 Å². The van der Waals surface area contributed by atoms with Crippen molar-refractivity contribution in [2.45, 2.75) is 60.9 Å². The van der Waals surface area contributed by atoms with Crippen molar-refractivity contribution in [1.29, 1.82) is 0 Å². The average molecular weight is 337 g/mol. The highest BCUT2D eigenvalue weighted by Gasteiger charge is 2.25. The van der Waals surface area contributed by atoms with E-state index in [1.54, 1.807) is 0 Å². The summed E-state index contributed by atoms with van der Waals surface area (Å²) in [5.74, 6) is 0. The van der Waals surface area contributed by atoms with Crippen molar-refractivity contribution in [1.82, 2.24) is 4.90 Å². The number of hydrogen-bond acceptors (Lipinski definition) is 2. The first kappa shape index (κ1) is 19.2. The topological polar surface area (TPSA) is 15.6 Å². The van der Waals surface area contributed by atoms with Crippen LogP contribution in [0.3, 0.4) is 0 Å². The fourth-order valence-electron chi connectivity index (χ4n) is 3.48. The SMILES string of the molecule is C=C1CN=C(c2ccc(C)cc2)C(/C(C)=C(/C)CC)=C(C)N1C(C)C. The van der Waals surface area contributed by atoms with Crippen LogP contribution in [-0.4, -0.2) is 23.2 Å². The van der Waals surface area contributed by atoms with Crippen LogP contribution >= 0.6 is 0 Å². The van der Waals surface area contributed by atoms with Crippen molar-refractivity contribution in [2.75, 3.05) is 6.54 Å². The summed E-state index contributed by atoms with van der Waals surface area (Å²) in [6.45, 7) is 20.4. The molecule has 0 fully saturated rings. The van der Waals surface area contributed by atoms with E-state index in [0.717, 1.165) is 17.8 Å². The van der Waals surface area contributed by atoms with Crippen LogP contribution in [0.15, 0.2) is 64.0 Å². The maximum Gasteiger partial charge on any atom is 0.0793 e. The van der Waals surface area contributed by atoms with E-state index in [1.165, 1.54) is 33.5 Å². The van der Waals surface area contributed by atoms with Gasteiger partial charge in [-0.05, 0) is 53.5 Å². The minimum atomic E-state index is 0.366. The molecule has 1 aliphatic heterocycles. The summed E-state index contributed by atoms with van der Waals surface area (Å²) in [7, 11) is 0. The third-order valence-corrected chi connectivity index (χ3v) is 5.11. The number of nitrogens with zero attached hydrogens (tertiary/aromatic N) is 2. The Bertz CT molecular complexity index is 743. The van der Waals surface area contributed by atoms with E-state index in [1.807, 2.05) is 0 Å². The Labute approximate surface area is 153 Å². The zero-order valence-electron chi connectivity index (χ0n) is 16.9. The molecule has 0 N–H and O–H groups in total. The maximum absolute atomic E-state index is 4.99. The largest absolute Gasteiger partial charge is 0.344 e. The Morgan fingerprint density at radius 1 is 1.16 bits per heavy atom. The van der Waals surface area contributed by atoms with E-state index in [4.69, 9.17) is 4.99 Å². The van der Waals surface area contributed by atoms with E-state index in [2.05, 4.69) is 84.2 Å². The summed E-state index contributed by atoms with van der Waals surface area (Å²) in [5.41, 5.74) is 9.86. The molecule has 1 aromatic rings. The van der Waals surface area contributed by atoms with Gasteiger partial charge in [0.1, 0.15) is 0 Å².